The molecular formula is C24H27F3N6O3. The van der Waals surface area contributed by atoms with Gasteiger partial charge in [0.1, 0.15) is 5.52 Å². The summed E-state index contributed by atoms with van der Waals surface area (Å²) in [6.45, 7) is 4.38. The van der Waals surface area contributed by atoms with Crippen molar-refractivity contribution in [2.24, 2.45) is 5.92 Å². The molecule has 1 aliphatic carbocycles. The van der Waals surface area contributed by atoms with Crippen LogP contribution in [0, 0.1) is 5.92 Å². The zero-order chi connectivity index (χ0) is 25.4. The number of rotatable bonds is 7. The van der Waals surface area contributed by atoms with E-state index in [0.717, 1.165) is 31.4 Å². The second-order valence-electron chi connectivity index (χ2n) is 9.29. The summed E-state index contributed by atoms with van der Waals surface area (Å²) in [5, 5.41) is 13.0. The summed E-state index contributed by atoms with van der Waals surface area (Å²) < 4.78 is 46.6. The summed E-state index contributed by atoms with van der Waals surface area (Å²) in [4.78, 5) is 27.0. The normalized spacial score (nSPS) is 17.7. The monoisotopic (exact) mass is 504 g/mol. The van der Waals surface area contributed by atoms with Crippen LogP contribution in [-0.2, 0) is 17.5 Å². The number of carbonyl (C=O) groups is 1. The van der Waals surface area contributed by atoms with Crippen molar-refractivity contribution in [2.75, 3.05) is 36.5 Å². The van der Waals surface area contributed by atoms with Crippen molar-refractivity contribution in [3.05, 3.63) is 41.2 Å². The van der Waals surface area contributed by atoms with E-state index < -0.39 is 17.7 Å². The summed E-state index contributed by atoms with van der Waals surface area (Å²) in [5.74, 6) is -0.270. The lowest BCUT2D eigenvalue weighted by atomic mass is 9.80. The second kappa shape index (κ2) is 9.57. The lowest BCUT2D eigenvalue weighted by Crippen LogP contribution is -2.38. The van der Waals surface area contributed by atoms with Gasteiger partial charge in [0.15, 0.2) is 11.5 Å². The third kappa shape index (κ3) is 4.81. The van der Waals surface area contributed by atoms with Gasteiger partial charge in [-0.15, -0.1) is 0 Å². The SMILES string of the molecule is C[C@@H](Nc1nc(C(=O)O)nc2nc(N3CCOCC3)n(Cc3ccc(C(F)(F)F)cc3)c12)C1CCC1. The number of alkyl halides is 3. The Kier molecular flexibility index (Phi) is 6.45. The topological polar surface area (TPSA) is 105 Å². The number of hydrogen-bond acceptors (Lipinski definition) is 7. The number of nitrogens with zero attached hydrogens (tertiary/aromatic N) is 5. The Morgan fingerprint density at radius 3 is 2.44 bits per heavy atom. The molecule has 1 aromatic carbocycles. The summed E-state index contributed by atoms with van der Waals surface area (Å²) in [7, 11) is 0. The second-order valence-corrected chi connectivity index (χ2v) is 9.29. The van der Waals surface area contributed by atoms with Gasteiger partial charge in [0, 0.05) is 19.1 Å². The van der Waals surface area contributed by atoms with Gasteiger partial charge in [-0.25, -0.2) is 14.8 Å². The fourth-order valence-corrected chi connectivity index (χ4v) is 4.63. The first-order valence-electron chi connectivity index (χ1n) is 12.0. The van der Waals surface area contributed by atoms with Crippen LogP contribution in [0.25, 0.3) is 11.2 Å². The van der Waals surface area contributed by atoms with E-state index in [4.69, 9.17) is 4.74 Å². The highest BCUT2D eigenvalue weighted by atomic mass is 19.4. The van der Waals surface area contributed by atoms with Crippen LogP contribution in [0.1, 0.15) is 47.9 Å². The molecule has 9 nitrogen and oxygen atoms in total. The number of hydrogen-bond donors (Lipinski definition) is 2. The Morgan fingerprint density at radius 2 is 1.86 bits per heavy atom. The molecule has 0 unspecified atom stereocenters. The molecule has 5 rings (SSSR count). The Balaban J connectivity index is 1.61. The molecule has 2 N–H and O–H groups in total. The minimum Gasteiger partial charge on any atom is -0.475 e. The van der Waals surface area contributed by atoms with Gasteiger partial charge in [-0.2, -0.15) is 18.2 Å². The molecule has 2 aromatic heterocycles. The molecule has 0 spiro atoms. The number of anilines is 2. The molecule has 3 aromatic rings. The van der Waals surface area contributed by atoms with E-state index in [9.17, 15) is 23.1 Å². The van der Waals surface area contributed by atoms with E-state index in [1.165, 1.54) is 12.1 Å². The smallest absolute Gasteiger partial charge is 0.416 e. The average Bonchev–Trinajstić information content (AvgIpc) is 3.16. The number of imidazole rings is 1. The molecule has 1 saturated heterocycles. The summed E-state index contributed by atoms with van der Waals surface area (Å²) in [6, 6.07) is 5.04. The third-order valence-corrected chi connectivity index (χ3v) is 6.91. The Labute approximate surface area is 205 Å². The number of halogens is 3. The largest absolute Gasteiger partial charge is 0.475 e. The van der Waals surface area contributed by atoms with Crippen molar-refractivity contribution < 1.29 is 27.8 Å². The highest BCUT2D eigenvalue weighted by molar-refractivity contribution is 5.91. The molecule has 2 aliphatic rings. The van der Waals surface area contributed by atoms with Crippen LogP contribution in [0.3, 0.4) is 0 Å². The summed E-state index contributed by atoms with van der Waals surface area (Å²) >= 11 is 0. The van der Waals surface area contributed by atoms with Crippen molar-refractivity contribution in [3.8, 4) is 0 Å². The van der Waals surface area contributed by atoms with Crippen molar-refractivity contribution >= 4 is 28.9 Å². The molecule has 36 heavy (non-hydrogen) atoms. The highest BCUT2D eigenvalue weighted by Crippen LogP contribution is 2.34. The van der Waals surface area contributed by atoms with E-state index >= 15 is 0 Å². The van der Waals surface area contributed by atoms with Crippen molar-refractivity contribution in [2.45, 2.75) is 44.9 Å². The van der Waals surface area contributed by atoms with Gasteiger partial charge in [-0.05, 0) is 43.4 Å². The lowest BCUT2D eigenvalue weighted by Gasteiger charge is -2.32. The zero-order valence-electron chi connectivity index (χ0n) is 19.8. The molecule has 3 heterocycles. The Hall–Kier alpha value is -3.41. The molecule has 1 atom stereocenters. The molecule has 1 saturated carbocycles. The van der Waals surface area contributed by atoms with Crippen molar-refractivity contribution in [3.63, 3.8) is 0 Å². The van der Waals surface area contributed by atoms with Crippen molar-refractivity contribution in [1.82, 2.24) is 19.5 Å². The number of benzene rings is 1. The Bertz CT molecular complexity index is 1250. The number of ether oxygens (including phenoxy) is 1. The minimum absolute atomic E-state index is 0.0553. The third-order valence-electron chi connectivity index (χ3n) is 6.91. The van der Waals surface area contributed by atoms with Crippen LogP contribution in [0.2, 0.25) is 0 Å². The fraction of sp³-hybridized carbons (Fsp3) is 0.500. The van der Waals surface area contributed by atoms with Crippen molar-refractivity contribution in [1.29, 1.82) is 0 Å². The number of fused-ring (bicyclic) bond motifs is 1. The molecule has 0 amide bonds. The molecule has 1 aliphatic heterocycles. The first-order valence-corrected chi connectivity index (χ1v) is 12.0. The summed E-state index contributed by atoms with van der Waals surface area (Å²) in [5.41, 5.74) is 0.657. The number of carboxylic acid groups (broad SMARTS) is 1. The van der Waals surface area contributed by atoms with Crippen LogP contribution in [0.4, 0.5) is 24.9 Å². The predicted molar refractivity (Wildman–Crippen MR) is 126 cm³/mol. The quantitative estimate of drug-likeness (QED) is 0.497. The minimum atomic E-state index is -4.42. The van der Waals surface area contributed by atoms with Crippen LogP contribution in [0.5, 0.6) is 0 Å². The average molecular weight is 505 g/mol. The summed E-state index contributed by atoms with van der Waals surface area (Å²) in [6.07, 6.45) is -1.10. The number of nitrogens with one attached hydrogen (secondary N) is 1. The number of aromatic nitrogens is 4. The number of morpholine rings is 1. The maximum atomic E-state index is 13.1. The first-order chi connectivity index (χ1) is 17.2. The number of aromatic carboxylic acids is 1. The fourth-order valence-electron chi connectivity index (χ4n) is 4.63. The van der Waals surface area contributed by atoms with Gasteiger partial charge >= 0.3 is 12.1 Å². The van der Waals surface area contributed by atoms with Gasteiger partial charge in [-0.1, -0.05) is 18.6 Å². The van der Waals surface area contributed by atoms with Crippen LogP contribution >= 0.6 is 0 Å². The Morgan fingerprint density at radius 1 is 1.17 bits per heavy atom. The van der Waals surface area contributed by atoms with E-state index in [-0.39, 0.29) is 24.1 Å². The van der Waals surface area contributed by atoms with Crippen LogP contribution < -0.4 is 10.2 Å². The first kappa shape index (κ1) is 24.3. The predicted octanol–water partition coefficient (Wildman–Crippen LogP) is 4.03. The molecule has 0 bridgehead atoms. The van der Waals surface area contributed by atoms with Gasteiger partial charge in [-0.3, -0.25) is 0 Å². The maximum Gasteiger partial charge on any atom is 0.416 e. The maximum absolute atomic E-state index is 13.1. The molecule has 0 radical (unpaired) electrons. The van der Waals surface area contributed by atoms with Crippen LogP contribution in [0.15, 0.2) is 24.3 Å². The highest BCUT2D eigenvalue weighted by Gasteiger charge is 2.31. The van der Waals surface area contributed by atoms with Gasteiger partial charge in [0.25, 0.3) is 0 Å². The molecule has 12 heteroatoms. The molecular weight excluding hydrogens is 477 g/mol. The van der Waals surface area contributed by atoms with Gasteiger partial charge < -0.3 is 24.6 Å². The van der Waals surface area contributed by atoms with E-state index in [1.54, 1.807) is 0 Å². The van der Waals surface area contributed by atoms with E-state index in [1.807, 2.05) is 16.4 Å². The van der Waals surface area contributed by atoms with Gasteiger partial charge in [0.05, 0.1) is 25.3 Å². The number of carboxylic acids is 1. The van der Waals surface area contributed by atoms with E-state index in [0.29, 0.717) is 55.1 Å². The standard InChI is InChI=1S/C24H27F3N6O3/c1-14(16-3-2-4-16)28-19-18-20(30-21(29-19)22(34)35)31-23(32-9-11-36-12-10-32)33(18)13-15-5-7-17(8-6-15)24(25,26)27/h5-8,14,16H,2-4,9-13H2,1H3,(H,34,35)(H,28,29,30)/t14-/m1/s1. The zero-order valence-corrected chi connectivity index (χ0v) is 19.8. The molecule has 2 fully saturated rings. The van der Waals surface area contributed by atoms with Crippen LogP contribution in [-0.4, -0.2) is 62.9 Å². The van der Waals surface area contributed by atoms with Gasteiger partial charge in [0.2, 0.25) is 11.8 Å². The van der Waals surface area contributed by atoms with E-state index in [2.05, 4.69) is 20.3 Å². The lowest BCUT2D eigenvalue weighted by molar-refractivity contribution is -0.137. The molecule has 192 valence electrons.